The Balaban J connectivity index is 1.60. The molecule has 1 atom stereocenters. The van der Waals surface area contributed by atoms with Crippen LogP contribution in [0.4, 0.5) is 10.5 Å². The predicted octanol–water partition coefficient (Wildman–Crippen LogP) is 2.96. The van der Waals surface area contributed by atoms with Crippen LogP contribution in [-0.2, 0) is 9.59 Å². The molecule has 0 aliphatic carbocycles. The van der Waals surface area contributed by atoms with Gasteiger partial charge in [-0.15, -0.1) is 0 Å². The van der Waals surface area contributed by atoms with Gasteiger partial charge in [-0.3, -0.25) is 24.1 Å². The van der Waals surface area contributed by atoms with Crippen LogP contribution in [0.25, 0.3) is 0 Å². The van der Waals surface area contributed by atoms with Gasteiger partial charge in [-0.25, -0.2) is 0 Å². The smallest absolute Gasteiger partial charge is 0.289 e. The quantitative estimate of drug-likeness (QED) is 0.793. The van der Waals surface area contributed by atoms with E-state index in [1.165, 1.54) is 0 Å². The predicted molar refractivity (Wildman–Crippen MR) is 98.9 cm³/mol. The van der Waals surface area contributed by atoms with Gasteiger partial charge in [0, 0.05) is 17.7 Å². The van der Waals surface area contributed by atoms with Gasteiger partial charge in [-0.05, 0) is 12.1 Å². The number of para-hydroxylation sites is 1. The third kappa shape index (κ3) is 4.18. The molecule has 1 aliphatic rings. The number of carbonyl (C=O) groups excluding carboxylic acids is 4. The van der Waals surface area contributed by atoms with E-state index in [4.69, 9.17) is 0 Å². The number of ketones is 1. The Bertz CT molecular complexity index is 839. The van der Waals surface area contributed by atoms with E-state index >= 15 is 0 Å². The molecule has 0 unspecified atom stereocenters. The Morgan fingerprint density at radius 3 is 2.23 bits per heavy atom. The van der Waals surface area contributed by atoms with Gasteiger partial charge in [0.1, 0.15) is 5.25 Å². The van der Waals surface area contributed by atoms with Crippen LogP contribution in [0.3, 0.4) is 0 Å². The number of hydrogen-bond acceptors (Lipinski definition) is 5. The van der Waals surface area contributed by atoms with Crippen LogP contribution >= 0.6 is 11.8 Å². The lowest BCUT2D eigenvalue weighted by molar-refractivity contribution is -0.128. The van der Waals surface area contributed by atoms with Crippen molar-refractivity contribution in [2.75, 3.05) is 11.9 Å². The fraction of sp³-hybridized carbons (Fsp3) is 0.158. The van der Waals surface area contributed by atoms with Crippen LogP contribution in [0, 0.1) is 0 Å². The van der Waals surface area contributed by atoms with Gasteiger partial charge in [-0.1, -0.05) is 60.3 Å². The molecule has 0 spiro atoms. The molecule has 1 fully saturated rings. The van der Waals surface area contributed by atoms with Gasteiger partial charge in [0.15, 0.2) is 5.78 Å². The van der Waals surface area contributed by atoms with Crippen molar-refractivity contribution in [3.63, 3.8) is 0 Å². The van der Waals surface area contributed by atoms with E-state index in [1.54, 1.807) is 54.6 Å². The third-order valence-corrected chi connectivity index (χ3v) is 4.91. The first-order chi connectivity index (χ1) is 12.5. The number of rotatable bonds is 6. The Labute approximate surface area is 154 Å². The number of Topliss-reactive ketones (excluding diaryl/α,β-unsaturated/α-hetero) is 1. The monoisotopic (exact) mass is 368 g/mol. The number of imide groups is 1. The molecule has 0 aromatic heterocycles. The molecule has 0 saturated carbocycles. The fourth-order valence-electron chi connectivity index (χ4n) is 2.53. The molecule has 1 saturated heterocycles. The zero-order chi connectivity index (χ0) is 18.5. The van der Waals surface area contributed by atoms with E-state index in [9.17, 15) is 19.2 Å². The van der Waals surface area contributed by atoms with Crippen LogP contribution in [-0.4, -0.2) is 39.5 Å². The molecule has 1 heterocycles. The highest BCUT2D eigenvalue weighted by molar-refractivity contribution is 8.15. The number of hydrogen-bond donors (Lipinski definition) is 1. The number of benzene rings is 2. The van der Waals surface area contributed by atoms with E-state index < -0.39 is 16.4 Å². The highest BCUT2D eigenvalue weighted by Crippen LogP contribution is 2.29. The number of carbonyl (C=O) groups is 4. The molecule has 3 rings (SSSR count). The first-order valence-electron chi connectivity index (χ1n) is 8.00. The summed E-state index contributed by atoms with van der Waals surface area (Å²) < 4.78 is 0. The van der Waals surface area contributed by atoms with E-state index in [2.05, 4.69) is 5.32 Å². The number of anilines is 1. The molecule has 0 bridgehead atoms. The van der Waals surface area contributed by atoms with Crippen LogP contribution < -0.4 is 5.32 Å². The average molecular weight is 368 g/mol. The summed E-state index contributed by atoms with van der Waals surface area (Å²) >= 11 is 0.782. The Morgan fingerprint density at radius 1 is 0.962 bits per heavy atom. The maximum absolute atomic E-state index is 12.4. The Morgan fingerprint density at radius 2 is 1.58 bits per heavy atom. The lowest BCUT2D eigenvalue weighted by atomic mass is 10.1. The number of nitrogens with zero attached hydrogens (tertiary/aromatic N) is 1. The summed E-state index contributed by atoms with van der Waals surface area (Å²) in [5, 5.41) is 1.37. The number of nitrogens with one attached hydrogen (secondary N) is 1. The third-order valence-electron chi connectivity index (χ3n) is 3.83. The SMILES string of the molecule is O=C(C[C@@H]1SC(=O)N(CC(=O)c2ccccc2)C1=O)Nc1ccccc1. The standard InChI is InChI=1S/C19H16N2O4S/c22-15(13-7-3-1-4-8-13)12-21-18(24)16(26-19(21)25)11-17(23)20-14-9-5-2-6-10-14/h1-10,16H,11-12H2,(H,20,23)/t16-/m0/s1. The Kier molecular flexibility index (Phi) is 5.48. The van der Waals surface area contributed by atoms with Crippen molar-refractivity contribution in [1.29, 1.82) is 0 Å². The molecule has 3 amide bonds. The van der Waals surface area contributed by atoms with Crippen molar-refractivity contribution < 1.29 is 19.2 Å². The topological polar surface area (TPSA) is 83.6 Å². The molecule has 6 nitrogen and oxygen atoms in total. The summed E-state index contributed by atoms with van der Waals surface area (Å²) in [6.45, 7) is -0.314. The first-order valence-corrected chi connectivity index (χ1v) is 8.87. The van der Waals surface area contributed by atoms with Gasteiger partial charge in [0.05, 0.1) is 6.54 Å². The summed E-state index contributed by atoms with van der Waals surface area (Å²) in [6.07, 6.45) is -0.125. The number of thioether (sulfide) groups is 1. The second-order valence-electron chi connectivity index (χ2n) is 5.70. The van der Waals surface area contributed by atoms with E-state index in [0.717, 1.165) is 16.7 Å². The maximum Gasteiger partial charge on any atom is 0.289 e. The number of amides is 3. The minimum atomic E-state index is -0.810. The highest BCUT2D eigenvalue weighted by atomic mass is 32.2. The minimum Gasteiger partial charge on any atom is -0.326 e. The van der Waals surface area contributed by atoms with Crippen molar-refractivity contribution in [3.8, 4) is 0 Å². The van der Waals surface area contributed by atoms with Crippen LogP contribution in [0.2, 0.25) is 0 Å². The minimum absolute atomic E-state index is 0.125. The molecule has 7 heteroatoms. The summed E-state index contributed by atoms with van der Waals surface area (Å²) in [4.78, 5) is 49.8. The summed E-state index contributed by atoms with van der Waals surface area (Å²) in [5.74, 6) is -1.18. The molecule has 1 aliphatic heterocycles. The molecule has 132 valence electrons. The van der Waals surface area contributed by atoms with E-state index in [1.807, 2.05) is 6.07 Å². The van der Waals surface area contributed by atoms with Gasteiger partial charge >= 0.3 is 0 Å². The summed E-state index contributed by atoms with van der Waals surface area (Å²) in [7, 11) is 0. The van der Waals surface area contributed by atoms with Gasteiger partial charge in [0.2, 0.25) is 11.8 Å². The van der Waals surface area contributed by atoms with Gasteiger partial charge in [0.25, 0.3) is 5.24 Å². The molecule has 2 aromatic rings. The maximum atomic E-state index is 12.4. The average Bonchev–Trinajstić information content (AvgIpc) is 2.90. The van der Waals surface area contributed by atoms with Crippen molar-refractivity contribution in [3.05, 3.63) is 66.2 Å². The van der Waals surface area contributed by atoms with Crippen molar-refractivity contribution in [2.45, 2.75) is 11.7 Å². The molecule has 26 heavy (non-hydrogen) atoms. The van der Waals surface area contributed by atoms with Gasteiger partial charge in [-0.2, -0.15) is 0 Å². The second-order valence-corrected chi connectivity index (χ2v) is 6.86. The zero-order valence-electron chi connectivity index (χ0n) is 13.8. The Hall–Kier alpha value is -2.93. The summed E-state index contributed by atoms with van der Waals surface area (Å²) in [6, 6.07) is 17.3. The van der Waals surface area contributed by atoms with Crippen LogP contribution in [0.15, 0.2) is 60.7 Å². The van der Waals surface area contributed by atoms with Crippen molar-refractivity contribution in [2.24, 2.45) is 0 Å². The molecule has 1 N–H and O–H groups in total. The molecular formula is C19H16N2O4S. The zero-order valence-corrected chi connectivity index (χ0v) is 14.6. The fourth-order valence-corrected chi connectivity index (χ4v) is 3.52. The van der Waals surface area contributed by atoms with Crippen molar-refractivity contribution >= 4 is 40.3 Å². The van der Waals surface area contributed by atoms with Crippen LogP contribution in [0.1, 0.15) is 16.8 Å². The molecule has 2 aromatic carbocycles. The van der Waals surface area contributed by atoms with Gasteiger partial charge < -0.3 is 5.32 Å². The van der Waals surface area contributed by atoms with Crippen LogP contribution in [0.5, 0.6) is 0 Å². The van der Waals surface area contributed by atoms with E-state index in [-0.39, 0.29) is 24.7 Å². The second kappa shape index (κ2) is 7.97. The largest absolute Gasteiger partial charge is 0.326 e. The first kappa shape index (κ1) is 17.9. The molecule has 0 radical (unpaired) electrons. The normalized spacial score (nSPS) is 16.6. The lowest BCUT2D eigenvalue weighted by Gasteiger charge is -2.13. The summed E-state index contributed by atoms with van der Waals surface area (Å²) in [5.41, 5.74) is 1.05. The molecular weight excluding hydrogens is 352 g/mol. The van der Waals surface area contributed by atoms with E-state index in [0.29, 0.717) is 11.3 Å². The highest BCUT2D eigenvalue weighted by Gasteiger charge is 2.41. The van der Waals surface area contributed by atoms with Crippen molar-refractivity contribution in [1.82, 2.24) is 4.90 Å². The lowest BCUT2D eigenvalue weighted by Crippen LogP contribution is -2.36.